The Bertz CT molecular complexity index is 513. The fourth-order valence-electron chi connectivity index (χ4n) is 1.79. The van der Waals surface area contributed by atoms with Crippen molar-refractivity contribution in [1.29, 1.82) is 0 Å². The third kappa shape index (κ3) is 1.65. The zero-order valence-electron chi connectivity index (χ0n) is 8.70. The topological polar surface area (TPSA) is 22.0 Å². The molecule has 0 bridgehead atoms. The van der Waals surface area contributed by atoms with Crippen molar-refractivity contribution >= 4 is 27.7 Å². The normalized spacial score (nSPS) is 11.2. The molecule has 1 aromatic heterocycles. The average molecular weight is 222 g/mol. The molecular formula is C12H12ClNO. The number of fused-ring (bicyclic) bond motifs is 1. The van der Waals surface area contributed by atoms with Crippen LogP contribution in [0.15, 0.2) is 30.5 Å². The maximum atomic E-state index is 11.2. The number of para-hydroxylation sites is 1. The number of halogens is 1. The lowest BCUT2D eigenvalue weighted by Gasteiger charge is -2.08. The number of benzene rings is 1. The predicted octanol–water partition coefficient (Wildman–Crippen LogP) is 3.60. The van der Waals surface area contributed by atoms with E-state index in [1.54, 1.807) is 0 Å². The summed E-state index contributed by atoms with van der Waals surface area (Å²) in [6, 6.07) is 8.11. The second kappa shape index (κ2) is 3.70. The lowest BCUT2D eigenvalue weighted by Crippen LogP contribution is -1.97. The van der Waals surface area contributed by atoms with Crippen LogP contribution < -0.4 is 0 Å². The van der Waals surface area contributed by atoms with Crippen LogP contribution in [-0.4, -0.2) is 9.81 Å². The predicted molar refractivity (Wildman–Crippen MR) is 62.5 cm³/mol. The molecule has 2 rings (SSSR count). The first-order valence-electron chi connectivity index (χ1n) is 4.90. The van der Waals surface area contributed by atoms with Gasteiger partial charge in [0.15, 0.2) is 0 Å². The highest BCUT2D eigenvalue weighted by Crippen LogP contribution is 2.25. The zero-order valence-corrected chi connectivity index (χ0v) is 9.45. The summed E-state index contributed by atoms with van der Waals surface area (Å²) in [6.45, 7) is 4.16. The number of carbonyl (C=O) groups excluding carboxylic acids is 1. The molecule has 0 aliphatic heterocycles. The van der Waals surface area contributed by atoms with E-state index in [-0.39, 0.29) is 0 Å². The Hall–Kier alpha value is -1.28. The maximum Gasteiger partial charge on any atom is 0.254 e. The summed E-state index contributed by atoms with van der Waals surface area (Å²) in [6.07, 6.45) is 1.82. The molecule has 0 saturated heterocycles. The van der Waals surface area contributed by atoms with Crippen molar-refractivity contribution in [3.63, 3.8) is 0 Å². The smallest absolute Gasteiger partial charge is 0.254 e. The van der Waals surface area contributed by atoms with Crippen LogP contribution in [0.2, 0.25) is 0 Å². The van der Waals surface area contributed by atoms with Crippen molar-refractivity contribution in [3.05, 3.63) is 36.0 Å². The number of hydrogen-bond donors (Lipinski definition) is 0. The van der Waals surface area contributed by atoms with E-state index in [1.807, 2.05) is 30.5 Å². The Kier molecular flexibility index (Phi) is 2.53. The van der Waals surface area contributed by atoms with Crippen molar-refractivity contribution in [1.82, 2.24) is 4.57 Å². The fraction of sp³-hybridized carbons (Fsp3) is 0.250. The molecule has 0 aliphatic carbocycles. The molecule has 0 unspecified atom stereocenters. The van der Waals surface area contributed by atoms with Crippen LogP contribution in [0, 0.1) is 0 Å². The van der Waals surface area contributed by atoms with Gasteiger partial charge in [-0.25, -0.2) is 0 Å². The van der Waals surface area contributed by atoms with Gasteiger partial charge in [0.2, 0.25) is 0 Å². The van der Waals surface area contributed by atoms with Gasteiger partial charge in [-0.05, 0) is 31.5 Å². The molecule has 2 aromatic rings. The van der Waals surface area contributed by atoms with Crippen LogP contribution >= 0.6 is 11.6 Å². The molecule has 1 heterocycles. The zero-order chi connectivity index (χ0) is 11.0. The van der Waals surface area contributed by atoms with E-state index in [0.29, 0.717) is 11.6 Å². The molecular weight excluding hydrogens is 210 g/mol. The van der Waals surface area contributed by atoms with E-state index < -0.39 is 5.24 Å². The van der Waals surface area contributed by atoms with Crippen molar-refractivity contribution in [2.75, 3.05) is 0 Å². The Balaban J connectivity index is 2.79. The molecule has 0 amide bonds. The highest BCUT2D eigenvalue weighted by molar-refractivity contribution is 6.68. The Labute approximate surface area is 93.5 Å². The monoisotopic (exact) mass is 221 g/mol. The second-order valence-corrected chi connectivity index (χ2v) is 4.18. The molecule has 3 heteroatoms. The van der Waals surface area contributed by atoms with Crippen LogP contribution in [0.25, 0.3) is 10.9 Å². The largest absolute Gasteiger partial charge is 0.344 e. The SMILES string of the molecule is CC(C)n1cc(C(=O)Cl)c2ccccc21. The van der Waals surface area contributed by atoms with Gasteiger partial charge in [0.25, 0.3) is 5.24 Å². The van der Waals surface area contributed by atoms with Crippen LogP contribution in [0.5, 0.6) is 0 Å². The summed E-state index contributed by atoms with van der Waals surface area (Å²) < 4.78 is 2.06. The van der Waals surface area contributed by atoms with E-state index in [9.17, 15) is 4.79 Å². The number of rotatable bonds is 2. The van der Waals surface area contributed by atoms with Crippen LogP contribution in [-0.2, 0) is 0 Å². The second-order valence-electron chi connectivity index (χ2n) is 3.83. The van der Waals surface area contributed by atoms with Gasteiger partial charge in [-0.15, -0.1) is 0 Å². The summed E-state index contributed by atoms with van der Waals surface area (Å²) in [5, 5.41) is 0.525. The Morgan fingerprint density at radius 1 is 1.33 bits per heavy atom. The van der Waals surface area contributed by atoms with Gasteiger partial charge in [-0.2, -0.15) is 0 Å². The van der Waals surface area contributed by atoms with E-state index in [4.69, 9.17) is 11.6 Å². The van der Waals surface area contributed by atoms with Gasteiger partial charge in [0.1, 0.15) is 0 Å². The molecule has 15 heavy (non-hydrogen) atoms. The third-order valence-corrected chi connectivity index (χ3v) is 2.71. The van der Waals surface area contributed by atoms with Crippen LogP contribution in [0.3, 0.4) is 0 Å². The summed E-state index contributed by atoms with van der Waals surface area (Å²) in [4.78, 5) is 11.2. The van der Waals surface area contributed by atoms with Crippen molar-refractivity contribution < 1.29 is 4.79 Å². The molecule has 1 aromatic carbocycles. The van der Waals surface area contributed by atoms with Gasteiger partial charge >= 0.3 is 0 Å². The van der Waals surface area contributed by atoms with E-state index in [2.05, 4.69) is 18.4 Å². The minimum Gasteiger partial charge on any atom is -0.344 e. The molecule has 0 aliphatic rings. The number of aromatic nitrogens is 1. The first-order chi connectivity index (χ1) is 7.11. The maximum absolute atomic E-state index is 11.2. The van der Waals surface area contributed by atoms with Gasteiger partial charge in [0, 0.05) is 23.1 Å². The highest BCUT2D eigenvalue weighted by atomic mass is 35.5. The minimum atomic E-state index is -0.398. The molecule has 2 nitrogen and oxygen atoms in total. The average Bonchev–Trinajstić information content (AvgIpc) is 2.56. The Morgan fingerprint density at radius 3 is 2.60 bits per heavy atom. The van der Waals surface area contributed by atoms with Crippen molar-refractivity contribution in [3.8, 4) is 0 Å². The summed E-state index contributed by atoms with van der Waals surface area (Å²) in [7, 11) is 0. The van der Waals surface area contributed by atoms with Gasteiger partial charge in [0.05, 0.1) is 5.56 Å². The minimum absolute atomic E-state index is 0.319. The first kappa shape index (κ1) is 10.2. The van der Waals surface area contributed by atoms with E-state index in [1.165, 1.54) is 0 Å². The van der Waals surface area contributed by atoms with Crippen LogP contribution in [0.4, 0.5) is 0 Å². The summed E-state index contributed by atoms with van der Waals surface area (Å²) >= 11 is 5.55. The van der Waals surface area contributed by atoms with Crippen molar-refractivity contribution in [2.45, 2.75) is 19.9 Å². The standard InChI is InChI=1S/C12H12ClNO/c1-8(2)14-7-10(12(13)15)9-5-3-4-6-11(9)14/h3-8H,1-2H3. The van der Waals surface area contributed by atoms with Crippen LogP contribution in [0.1, 0.15) is 30.2 Å². The molecule has 0 radical (unpaired) electrons. The molecule has 0 atom stereocenters. The number of carbonyl (C=O) groups is 1. The molecule has 0 spiro atoms. The number of hydrogen-bond acceptors (Lipinski definition) is 1. The van der Waals surface area contributed by atoms with Crippen molar-refractivity contribution in [2.24, 2.45) is 0 Å². The first-order valence-corrected chi connectivity index (χ1v) is 5.28. The lowest BCUT2D eigenvalue weighted by atomic mass is 10.2. The van der Waals surface area contributed by atoms with Gasteiger partial charge < -0.3 is 4.57 Å². The van der Waals surface area contributed by atoms with Gasteiger partial charge in [-0.1, -0.05) is 18.2 Å². The fourth-order valence-corrected chi connectivity index (χ4v) is 1.94. The lowest BCUT2D eigenvalue weighted by molar-refractivity contribution is 0.108. The molecule has 0 saturated carbocycles. The van der Waals surface area contributed by atoms with Gasteiger partial charge in [-0.3, -0.25) is 4.79 Å². The van der Waals surface area contributed by atoms with E-state index >= 15 is 0 Å². The molecule has 0 N–H and O–H groups in total. The number of nitrogens with zero attached hydrogens (tertiary/aromatic N) is 1. The highest BCUT2D eigenvalue weighted by Gasteiger charge is 2.13. The Morgan fingerprint density at radius 2 is 2.00 bits per heavy atom. The summed E-state index contributed by atoms with van der Waals surface area (Å²) in [5.41, 5.74) is 1.64. The quantitative estimate of drug-likeness (QED) is 0.711. The molecule has 78 valence electrons. The third-order valence-electron chi connectivity index (χ3n) is 2.51. The van der Waals surface area contributed by atoms with E-state index in [0.717, 1.165) is 10.9 Å². The molecule has 0 fully saturated rings. The summed E-state index contributed by atoms with van der Waals surface area (Å²) in [5.74, 6) is 0.